The van der Waals surface area contributed by atoms with Gasteiger partial charge in [-0.05, 0) is 31.9 Å². The smallest absolute Gasteiger partial charge is 0.321 e. The first-order valence-corrected chi connectivity index (χ1v) is 9.91. The number of nitrogens with one attached hydrogen (secondary N) is 1. The molecule has 0 bridgehead atoms. The van der Waals surface area contributed by atoms with E-state index < -0.39 is 0 Å². The predicted octanol–water partition coefficient (Wildman–Crippen LogP) is 4.55. The van der Waals surface area contributed by atoms with Crippen molar-refractivity contribution in [3.8, 4) is 17.1 Å². The van der Waals surface area contributed by atoms with Crippen molar-refractivity contribution in [2.75, 3.05) is 25.0 Å². The highest BCUT2D eigenvalue weighted by atomic mass is 16.5. The lowest BCUT2D eigenvalue weighted by atomic mass is 9.97. The first-order valence-electron chi connectivity index (χ1n) is 9.91. The Labute approximate surface area is 169 Å². The molecule has 7 heteroatoms. The number of benzene rings is 2. The Morgan fingerprint density at radius 2 is 1.86 bits per heavy atom. The number of anilines is 1. The average Bonchev–Trinajstić information content (AvgIpc) is 3.26. The van der Waals surface area contributed by atoms with Gasteiger partial charge in [0.25, 0.3) is 0 Å². The van der Waals surface area contributed by atoms with E-state index in [0.717, 1.165) is 18.4 Å². The molecule has 0 spiro atoms. The van der Waals surface area contributed by atoms with Crippen LogP contribution in [0.25, 0.3) is 11.4 Å². The summed E-state index contributed by atoms with van der Waals surface area (Å²) in [5.41, 5.74) is 1.62. The van der Waals surface area contributed by atoms with Gasteiger partial charge in [0.05, 0.1) is 12.3 Å². The van der Waals surface area contributed by atoms with Crippen LogP contribution in [-0.4, -0.2) is 40.8 Å². The van der Waals surface area contributed by atoms with Crippen LogP contribution in [0.3, 0.4) is 0 Å². The molecule has 1 fully saturated rings. The Hall–Kier alpha value is -3.35. The van der Waals surface area contributed by atoms with Crippen molar-refractivity contribution in [3.05, 3.63) is 60.5 Å². The molecule has 4 rings (SSSR count). The van der Waals surface area contributed by atoms with Gasteiger partial charge in [-0.2, -0.15) is 4.98 Å². The molecule has 2 aromatic carbocycles. The molecule has 1 N–H and O–H groups in total. The van der Waals surface area contributed by atoms with Crippen molar-refractivity contribution in [1.82, 2.24) is 15.0 Å². The number of rotatable bonds is 5. The monoisotopic (exact) mass is 392 g/mol. The summed E-state index contributed by atoms with van der Waals surface area (Å²) in [4.78, 5) is 19.0. The summed E-state index contributed by atoms with van der Waals surface area (Å²) in [6.07, 6.45) is 1.58. The summed E-state index contributed by atoms with van der Waals surface area (Å²) in [5.74, 6) is 2.09. The van der Waals surface area contributed by atoms with Crippen LogP contribution >= 0.6 is 0 Å². The van der Waals surface area contributed by atoms with Crippen molar-refractivity contribution in [2.24, 2.45) is 0 Å². The second-order valence-corrected chi connectivity index (χ2v) is 6.94. The molecule has 3 aromatic rings. The highest BCUT2D eigenvalue weighted by Gasteiger charge is 2.28. The van der Waals surface area contributed by atoms with E-state index in [1.165, 1.54) is 0 Å². The maximum absolute atomic E-state index is 12.7. The molecule has 29 heavy (non-hydrogen) atoms. The molecule has 150 valence electrons. The van der Waals surface area contributed by atoms with Crippen LogP contribution in [0.1, 0.15) is 31.6 Å². The number of piperidine rings is 1. The molecule has 7 nitrogen and oxygen atoms in total. The van der Waals surface area contributed by atoms with Crippen LogP contribution in [0.4, 0.5) is 10.5 Å². The van der Waals surface area contributed by atoms with Crippen LogP contribution in [0.5, 0.6) is 5.75 Å². The quantitative estimate of drug-likeness (QED) is 0.689. The second-order valence-electron chi connectivity index (χ2n) is 6.94. The van der Waals surface area contributed by atoms with Gasteiger partial charge in [0.2, 0.25) is 11.7 Å². The van der Waals surface area contributed by atoms with Crippen molar-refractivity contribution >= 4 is 11.7 Å². The Morgan fingerprint density at radius 1 is 1.14 bits per heavy atom. The minimum absolute atomic E-state index is 0.119. The molecule has 1 aliphatic heterocycles. The minimum atomic E-state index is -0.119. The van der Waals surface area contributed by atoms with Crippen molar-refractivity contribution in [3.63, 3.8) is 0 Å². The van der Waals surface area contributed by atoms with Gasteiger partial charge in [0.15, 0.2) is 0 Å². The van der Waals surface area contributed by atoms with Crippen LogP contribution in [0.15, 0.2) is 59.1 Å². The summed E-state index contributed by atoms with van der Waals surface area (Å²) < 4.78 is 11.1. The largest absolute Gasteiger partial charge is 0.492 e. The van der Waals surface area contributed by atoms with Gasteiger partial charge in [0.1, 0.15) is 5.75 Å². The van der Waals surface area contributed by atoms with Crippen LogP contribution < -0.4 is 10.1 Å². The van der Waals surface area contributed by atoms with Gasteiger partial charge in [-0.25, -0.2) is 4.79 Å². The topological polar surface area (TPSA) is 80.5 Å². The third-order valence-corrected chi connectivity index (χ3v) is 5.03. The number of hydrogen-bond donors (Lipinski definition) is 1. The Morgan fingerprint density at radius 3 is 2.62 bits per heavy atom. The van der Waals surface area contributed by atoms with Crippen LogP contribution in [0.2, 0.25) is 0 Å². The van der Waals surface area contributed by atoms with Crippen molar-refractivity contribution < 1.29 is 14.1 Å². The minimum Gasteiger partial charge on any atom is -0.492 e. The Bertz CT molecular complexity index is 949. The molecule has 0 radical (unpaired) electrons. The molecule has 2 amide bonds. The van der Waals surface area contributed by atoms with E-state index in [-0.39, 0.29) is 11.9 Å². The van der Waals surface area contributed by atoms with Gasteiger partial charge >= 0.3 is 6.03 Å². The molecular weight excluding hydrogens is 368 g/mol. The van der Waals surface area contributed by atoms with Crippen molar-refractivity contribution in [2.45, 2.75) is 25.7 Å². The first kappa shape index (κ1) is 19.0. The number of urea groups is 1. The molecule has 2 heterocycles. The fraction of sp³-hybridized carbons (Fsp3) is 0.318. The summed E-state index contributed by atoms with van der Waals surface area (Å²) >= 11 is 0. The van der Waals surface area contributed by atoms with E-state index in [0.29, 0.717) is 42.8 Å². The molecular formula is C22H24N4O3. The number of para-hydroxylation sites is 2. The number of carbonyl (C=O) groups is 1. The van der Waals surface area contributed by atoms with Gasteiger partial charge in [-0.3, -0.25) is 0 Å². The summed E-state index contributed by atoms with van der Waals surface area (Å²) in [7, 11) is 0. The van der Waals surface area contributed by atoms with E-state index in [1.807, 2.05) is 66.4 Å². The predicted molar refractivity (Wildman–Crippen MR) is 110 cm³/mol. The zero-order valence-electron chi connectivity index (χ0n) is 16.4. The van der Waals surface area contributed by atoms with Gasteiger partial charge in [-0.15, -0.1) is 0 Å². The lowest BCUT2D eigenvalue weighted by Crippen LogP contribution is -2.40. The molecule has 1 aromatic heterocycles. The van der Waals surface area contributed by atoms with Gasteiger partial charge < -0.3 is 19.5 Å². The Kier molecular flexibility index (Phi) is 5.74. The SMILES string of the molecule is CCOc1ccccc1NC(=O)N1CCC(c2nc(-c3ccccc3)no2)CC1. The fourth-order valence-electron chi connectivity index (χ4n) is 3.48. The molecule has 0 atom stereocenters. The fourth-order valence-corrected chi connectivity index (χ4v) is 3.48. The van der Waals surface area contributed by atoms with Crippen molar-refractivity contribution in [1.29, 1.82) is 0 Å². The average molecular weight is 392 g/mol. The third-order valence-electron chi connectivity index (χ3n) is 5.03. The van der Waals surface area contributed by atoms with Gasteiger partial charge in [-0.1, -0.05) is 47.6 Å². The van der Waals surface area contributed by atoms with E-state index in [9.17, 15) is 4.79 Å². The second kappa shape index (κ2) is 8.77. The summed E-state index contributed by atoms with van der Waals surface area (Å²) in [6.45, 7) is 3.74. The summed E-state index contributed by atoms with van der Waals surface area (Å²) in [6, 6.07) is 17.1. The van der Waals surface area contributed by atoms with Crippen LogP contribution in [0, 0.1) is 0 Å². The number of hydrogen-bond acceptors (Lipinski definition) is 5. The molecule has 0 aliphatic carbocycles. The lowest BCUT2D eigenvalue weighted by molar-refractivity contribution is 0.187. The zero-order valence-corrected chi connectivity index (χ0v) is 16.4. The number of nitrogens with zero attached hydrogens (tertiary/aromatic N) is 3. The standard InChI is InChI=1S/C22H24N4O3/c1-2-28-19-11-7-6-10-18(19)23-22(27)26-14-12-17(13-15-26)21-24-20(25-29-21)16-8-4-3-5-9-16/h3-11,17H,2,12-15H2,1H3,(H,23,27). The maximum atomic E-state index is 12.7. The molecule has 1 aliphatic rings. The van der Waals surface area contributed by atoms with E-state index >= 15 is 0 Å². The van der Waals surface area contributed by atoms with E-state index in [4.69, 9.17) is 9.26 Å². The Balaban J connectivity index is 1.35. The first-order chi connectivity index (χ1) is 14.2. The number of amides is 2. The van der Waals surface area contributed by atoms with Gasteiger partial charge in [0, 0.05) is 24.6 Å². The number of aromatic nitrogens is 2. The molecule has 0 unspecified atom stereocenters. The normalized spacial score (nSPS) is 14.6. The molecule has 0 saturated carbocycles. The molecule has 1 saturated heterocycles. The number of carbonyl (C=O) groups excluding carboxylic acids is 1. The highest BCUT2D eigenvalue weighted by molar-refractivity contribution is 5.91. The zero-order chi connectivity index (χ0) is 20.1. The van der Waals surface area contributed by atoms with Crippen LogP contribution in [-0.2, 0) is 0 Å². The van der Waals surface area contributed by atoms with E-state index in [1.54, 1.807) is 0 Å². The number of ether oxygens (including phenoxy) is 1. The third kappa shape index (κ3) is 4.39. The maximum Gasteiger partial charge on any atom is 0.321 e. The summed E-state index contributed by atoms with van der Waals surface area (Å²) in [5, 5.41) is 7.06. The lowest BCUT2D eigenvalue weighted by Gasteiger charge is -2.30. The number of likely N-dealkylation sites (tertiary alicyclic amines) is 1. The van der Waals surface area contributed by atoms with E-state index in [2.05, 4.69) is 15.5 Å². The highest BCUT2D eigenvalue weighted by Crippen LogP contribution is 2.29.